The van der Waals surface area contributed by atoms with Crippen molar-refractivity contribution in [3.05, 3.63) is 59.7 Å². The Hall–Kier alpha value is -3.15. The van der Waals surface area contributed by atoms with Gasteiger partial charge >= 0.3 is 0 Å². The maximum atomic E-state index is 13.3. The molecule has 31 heavy (non-hydrogen) atoms. The van der Waals surface area contributed by atoms with Gasteiger partial charge in [-0.15, -0.1) is 0 Å². The summed E-state index contributed by atoms with van der Waals surface area (Å²) in [5.74, 6) is 0.301. The number of rotatable bonds is 3. The number of piperidine rings is 1. The van der Waals surface area contributed by atoms with Crippen molar-refractivity contribution in [2.75, 3.05) is 30.4 Å². The Balaban J connectivity index is 1.40. The lowest BCUT2D eigenvalue weighted by Crippen LogP contribution is -2.51. The second-order valence-electron chi connectivity index (χ2n) is 8.95. The molecule has 0 unspecified atom stereocenters. The van der Waals surface area contributed by atoms with Gasteiger partial charge in [-0.05, 0) is 61.6 Å². The van der Waals surface area contributed by atoms with E-state index in [-0.39, 0.29) is 23.6 Å². The standard InChI is InChI=1S/C25H27N3O3/c1-27-21-11-10-18(22(29)26-19-8-3-2-4-9-19)16-20(21)25(24(27)31)12-14-28(15-13-25)23(30)17-6-5-7-17/h2-4,8-11,16-17H,5-7,12-15H2,1H3,(H,26,29). The summed E-state index contributed by atoms with van der Waals surface area (Å²) in [6.07, 6.45) is 4.32. The molecule has 3 amide bonds. The molecule has 2 heterocycles. The van der Waals surface area contributed by atoms with Gasteiger partial charge in [0.15, 0.2) is 0 Å². The van der Waals surface area contributed by atoms with E-state index in [1.54, 1.807) is 18.0 Å². The fourth-order valence-corrected chi connectivity index (χ4v) is 5.13. The van der Waals surface area contributed by atoms with Crippen LogP contribution in [0.4, 0.5) is 11.4 Å². The quantitative estimate of drug-likeness (QED) is 0.830. The number of fused-ring (bicyclic) bond motifs is 2. The number of nitrogens with zero attached hydrogens (tertiary/aromatic N) is 2. The molecule has 1 N–H and O–H groups in total. The lowest BCUT2D eigenvalue weighted by molar-refractivity contribution is -0.141. The molecule has 1 spiro atoms. The summed E-state index contributed by atoms with van der Waals surface area (Å²) in [7, 11) is 1.80. The number of amides is 3. The molecule has 0 atom stereocenters. The Morgan fingerprint density at radius 3 is 2.39 bits per heavy atom. The highest BCUT2D eigenvalue weighted by Gasteiger charge is 2.52. The van der Waals surface area contributed by atoms with Gasteiger partial charge in [-0.2, -0.15) is 0 Å². The molecule has 6 heteroatoms. The van der Waals surface area contributed by atoms with Crippen molar-refractivity contribution in [2.24, 2.45) is 5.92 Å². The van der Waals surface area contributed by atoms with E-state index in [4.69, 9.17) is 0 Å². The van der Waals surface area contributed by atoms with E-state index >= 15 is 0 Å². The number of carbonyl (C=O) groups excluding carboxylic acids is 3. The molecule has 160 valence electrons. The van der Waals surface area contributed by atoms with Gasteiger partial charge in [0.05, 0.1) is 5.41 Å². The van der Waals surface area contributed by atoms with Crippen molar-refractivity contribution in [3.63, 3.8) is 0 Å². The van der Waals surface area contributed by atoms with Gasteiger partial charge in [-0.1, -0.05) is 24.6 Å². The van der Waals surface area contributed by atoms with Crippen LogP contribution in [0.15, 0.2) is 48.5 Å². The number of hydrogen-bond donors (Lipinski definition) is 1. The second-order valence-corrected chi connectivity index (χ2v) is 8.95. The molecule has 0 aromatic heterocycles. The average molecular weight is 418 g/mol. The Bertz CT molecular complexity index is 1040. The van der Waals surface area contributed by atoms with Crippen LogP contribution in [0.2, 0.25) is 0 Å². The third kappa shape index (κ3) is 3.21. The number of likely N-dealkylation sites (tertiary alicyclic amines) is 1. The number of nitrogens with one attached hydrogen (secondary N) is 1. The van der Waals surface area contributed by atoms with Crippen molar-refractivity contribution >= 4 is 29.1 Å². The first-order valence-corrected chi connectivity index (χ1v) is 11.1. The fourth-order valence-electron chi connectivity index (χ4n) is 5.13. The van der Waals surface area contributed by atoms with Crippen LogP contribution in [0.5, 0.6) is 0 Å². The lowest BCUT2D eigenvalue weighted by atomic mass is 9.72. The summed E-state index contributed by atoms with van der Waals surface area (Å²) >= 11 is 0. The van der Waals surface area contributed by atoms with Crippen LogP contribution in [0, 0.1) is 5.92 Å². The molecule has 1 saturated carbocycles. The zero-order valence-corrected chi connectivity index (χ0v) is 17.8. The van der Waals surface area contributed by atoms with Crippen molar-refractivity contribution in [1.82, 2.24) is 4.90 Å². The molecule has 1 saturated heterocycles. The van der Waals surface area contributed by atoms with Crippen LogP contribution >= 0.6 is 0 Å². The van der Waals surface area contributed by atoms with Crippen molar-refractivity contribution in [2.45, 2.75) is 37.5 Å². The van der Waals surface area contributed by atoms with E-state index in [1.165, 1.54) is 0 Å². The van der Waals surface area contributed by atoms with E-state index in [9.17, 15) is 14.4 Å². The highest BCUT2D eigenvalue weighted by atomic mass is 16.2. The summed E-state index contributed by atoms with van der Waals surface area (Å²) in [4.78, 5) is 42.5. The fraction of sp³-hybridized carbons (Fsp3) is 0.400. The van der Waals surface area contributed by atoms with Gasteiger partial charge in [-0.25, -0.2) is 0 Å². The minimum atomic E-state index is -0.649. The first-order valence-electron chi connectivity index (χ1n) is 11.1. The van der Waals surface area contributed by atoms with Crippen LogP contribution in [0.3, 0.4) is 0 Å². The minimum absolute atomic E-state index is 0.0684. The Labute approximate surface area is 182 Å². The van der Waals surface area contributed by atoms with E-state index in [0.717, 1.165) is 36.2 Å². The summed E-state index contributed by atoms with van der Waals surface area (Å²) in [6, 6.07) is 14.9. The first-order chi connectivity index (χ1) is 15.0. The monoisotopic (exact) mass is 417 g/mol. The molecule has 0 bridgehead atoms. The molecule has 3 aliphatic rings. The van der Waals surface area contributed by atoms with Crippen molar-refractivity contribution in [3.8, 4) is 0 Å². The summed E-state index contributed by atoms with van der Waals surface area (Å²) in [5, 5.41) is 2.92. The van der Waals surface area contributed by atoms with E-state index < -0.39 is 5.41 Å². The number of anilines is 2. The van der Waals surface area contributed by atoms with Crippen LogP contribution in [-0.4, -0.2) is 42.8 Å². The van der Waals surface area contributed by atoms with Crippen molar-refractivity contribution < 1.29 is 14.4 Å². The normalized spacial score (nSPS) is 19.8. The van der Waals surface area contributed by atoms with Gasteiger partial charge in [0.1, 0.15) is 0 Å². The van der Waals surface area contributed by atoms with E-state index in [0.29, 0.717) is 31.5 Å². The van der Waals surface area contributed by atoms with Gasteiger partial charge in [0.2, 0.25) is 11.8 Å². The Kier molecular flexibility index (Phi) is 4.80. The molecule has 6 nitrogen and oxygen atoms in total. The van der Waals surface area contributed by atoms with Gasteiger partial charge in [0, 0.05) is 43.0 Å². The molecule has 1 aliphatic carbocycles. The third-order valence-corrected chi connectivity index (χ3v) is 7.26. The average Bonchev–Trinajstić information content (AvgIpc) is 2.95. The molecule has 5 rings (SSSR count). The molecule has 2 aromatic carbocycles. The maximum absolute atomic E-state index is 13.3. The summed E-state index contributed by atoms with van der Waals surface area (Å²) < 4.78 is 0. The predicted octanol–water partition coefficient (Wildman–Crippen LogP) is 3.58. The SMILES string of the molecule is CN1C(=O)C2(CCN(C(=O)C3CCC3)CC2)c2cc(C(=O)Nc3ccccc3)ccc21. The van der Waals surface area contributed by atoms with Crippen molar-refractivity contribution in [1.29, 1.82) is 0 Å². The summed E-state index contributed by atoms with van der Waals surface area (Å²) in [6.45, 7) is 1.18. The Morgan fingerprint density at radius 1 is 1.03 bits per heavy atom. The first kappa shape index (κ1) is 19.8. The van der Waals surface area contributed by atoms with Gasteiger partial charge in [0.25, 0.3) is 5.91 Å². The lowest BCUT2D eigenvalue weighted by Gasteiger charge is -2.40. The molecule has 2 aromatic rings. The zero-order chi connectivity index (χ0) is 21.6. The van der Waals surface area contributed by atoms with Gasteiger partial charge < -0.3 is 15.1 Å². The predicted molar refractivity (Wildman–Crippen MR) is 119 cm³/mol. The van der Waals surface area contributed by atoms with Crippen LogP contribution in [0.1, 0.15) is 48.0 Å². The van der Waals surface area contributed by atoms with Gasteiger partial charge in [-0.3, -0.25) is 14.4 Å². The molecule has 0 radical (unpaired) electrons. The smallest absolute Gasteiger partial charge is 0.255 e. The van der Waals surface area contributed by atoms with Crippen LogP contribution < -0.4 is 10.2 Å². The third-order valence-electron chi connectivity index (χ3n) is 7.26. The van der Waals surface area contributed by atoms with Crippen LogP contribution in [-0.2, 0) is 15.0 Å². The number of para-hydroxylation sites is 1. The number of carbonyl (C=O) groups is 3. The number of hydrogen-bond acceptors (Lipinski definition) is 3. The van der Waals surface area contributed by atoms with E-state index in [1.807, 2.05) is 47.4 Å². The topological polar surface area (TPSA) is 69.7 Å². The molecular weight excluding hydrogens is 390 g/mol. The zero-order valence-electron chi connectivity index (χ0n) is 17.8. The highest BCUT2D eigenvalue weighted by molar-refractivity contribution is 6.10. The minimum Gasteiger partial charge on any atom is -0.342 e. The van der Waals surface area contributed by atoms with Crippen LogP contribution in [0.25, 0.3) is 0 Å². The maximum Gasteiger partial charge on any atom is 0.255 e. The largest absolute Gasteiger partial charge is 0.342 e. The van der Waals surface area contributed by atoms with E-state index in [2.05, 4.69) is 5.32 Å². The Morgan fingerprint density at radius 2 is 1.74 bits per heavy atom. The number of likely N-dealkylation sites (N-methyl/N-ethyl adjacent to an activating group) is 1. The molecule has 2 aliphatic heterocycles. The summed E-state index contributed by atoms with van der Waals surface area (Å²) in [5.41, 5.74) is 2.40. The number of benzene rings is 2. The second kappa shape index (κ2) is 7.52. The molecule has 2 fully saturated rings. The highest BCUT2D eigenvalue weighted by Crippen LogP contribution is 2.48. The molecular formula is C25H27N3O3.